The second-order valence-corrected chi connectivity index (χ2v) is 11.1. The van der Waals surface area contributed by atoms with Gasteiger partial charge in [-0.15, -0.1) is 0 Å². The number of thiazole rings is 1. The van der Waals surface area contributed by atoms with E-state index in [1.54, 1.807) is 23.8 Å². The Morgan fingerprint density at radius 1 is 1.18 bits per heavy atom. The number of hydrogen-bond donors (Lipinski definition) is 0. The normalized spacial score (nSPS) is 20.2. The number of methoxy groups -OCH3 is 1. The van der Waals surface area contributed by atoms with Gasteiger partial charge in [0.05, 0.1) is 33.9 Å². The fourth-order valence-corrected chi connectivity index (χ4v) is 6.62. The summed E-state index contributed by atoms with van der Waals surface area (Å²) >= 11 is 1.20. The number of para-hydroxylation sites is 1. The van der Waals surface area contributed by atoms with E-state index in [2.05, 4.69) is 4.99 Å². The van der Waals surface area contributed by atoms with E-state index in [1.807, 2.05) is 13.8 Å². The molecule has 2 atom stereocenters. The number of ether oxygens (including phenoxy) is 2. The number of benzene rings is 2. The molecule has 8 nitrogen and oxygen atoms in total. The predicted octanol–water partition coefficient (Wildman–Crippen LogP) is 3.03. The third kappa shape index (κ3) is 4.98. The van der Waals surface area contributed by atoms with E-state index in [1.165, 1.54) is 46.0 Å². The van der Waals surface area contributed by atoms with Gasteiger partial charge in [0.25, 0.3) is 5.91 Å². The van der Waals surface area contributed by atoms with Gasteiger partial charge >= 0.3 is 0 Å². The second-order valence-electron chi connectivity index (χ2n) is 8.14. The molecule has 0 N–H and O–H groups in total. The Labute approximate surface area is 201 Å². The third-order valence-electron chi connectivity index (χ3n) is 5.49. The first-order chi connectivity index (χ1) is 16.2. The summed E-state index contributed by atoms with van der Waals surface area (Å²) in [5.74, 6) is -0.948. The standard InChI is InChI=1S/C23H26FN3O5S2/c1-15-13-26(14-16(2)32-15)34(29,30)18-9-7-17(8-10-18)22(28)25-23-27(11-12-31-3)21-19(24)5-4-6-20(21)33-23/h4-10,15-16H,11-14H2,1-3H3. The maximum absolute atomic E-state index is 14.5. The number of nitrogens with zero attached hydrogens (tertiary/aromatic N) is 3. The van der Waals surface area contributed by atoms with E-state index in [4.69, 9.17) is 9.47 Å². The van der Waals surface area contributed by atoms with Crippen molar-refractivity contribution < 1.29 is 27.1 Å². The molecule has 4 rings (SSSR count). The Morgan fingerprint density at radius 2 is 1.85 bits per heavy atom. The first-order valence-corrected chi connectivity index (χ1v) is 13.1. The molecule has 2 unspecified atom stereocenters. The number of fused-ring (bicyclic) bond motifs is 1. The molecule has 34 heavy (non-hydrogen) atoms. The number of amides is 1. The molecule has 11 heteroatoms. The largest absolute Gasteiger partial charge is 0.383 e. The van der Waals surface area contributed by atoms with Crippen molar-refractivity contribution in [3.8, 4) is 0 Å². The molecule has 0 aliphatic carbocycles. The first-order valence-electron chi connectivity index (χ1n) is 10.8. The fourth-order valence-electron chi connectivity index (χ4n) is 3.96. The minimum absolute atomic E-state index is 0.101. The smallest absolute Gasteiger partial charge is 0.279 e. The zero-order valence-electron chi connectivity index (χ0n) is 19.1. The van der Waals surface area contributed by atoms with Crippen LogP contribution in [0.25, 0.3) is 10.2 Å². The molecule has 0 spiro atoms. The van der Waals surface area contributed by atoms with E-state index in [9.17, 15) is 17.6 Å². The van der Waals surface area contributed by atoms with Gasteiger partial charge in [0.15, 0.2) is 4.80 Å². The lowest BCUT2D eigenvalue weighted by Gasteiger charge is -2.34. The number of sulfonamides is 1. The SMILES string of the molecule is COCCn1c(=NC(=O)c2ccc(S(=O)(=O)N3CC(C)OC(C)C3)cc2)sc2cccc(F)c21. The van der Waals surface area contributed by atoms with Crippen molar-refractivity contribution in [2.24, 2.45) is 4.99 Å². The van der Waals surface area contributed by atoms with Crippen molar-refractivity contribution in [3.05, 3.63) is 58.6 Å². The molecule has 1 aliphatic rings. The lowest BCUT2D eigenvalue weighted by atomic mass is 10.2. The highest BCUT2D eigenvalue weighted by Crippen LogP contribution is 2.23. The molecule has 0 bridgehead atoms. The van der Waals surface area contributed by atoms with Crippen LogP contribution in [0.4, 0.5) is 4.39 Å². The Hall–Kier alpha value is -2.44. The highest BCUT2D eigenvalue weighted by Gasteiger charge is 2.32. The highest BCUT2D eigenvalue weighted by molar-refractivity contribution is 7.89. The Balaban J connectivity index is 1.64. The zero-order chi connectivity index (χ0) is 24.5. The number of hydrogen-bond acceptors (Lipinski definition) is 6. The summed E-state index contributed by atoms with van der Waals surface area (Å²) < 4.78 is 55.0. The van der Waals surface area contributed by atoms with Gasteiger partial charge in [-0.05, 0) is 50.2 Å². The van der Waals surface area contributed by atoms with Crippen molar-refractivity contribution in [2.45, 2.75) is 37.5 Å². The van der Waals surface area contributed by atoms with Crippen LogP contribution in [-0.2, 0) is 26.0 Å². The molecule has 1 saturated heterocycles. The van der Waals surface area contributed by atoms with Crippen LogP contribution in [0, 0.1) is 5.82 Å². The highest BCUT2D eigenvalue weighted by atomic mass is 32.2. The van der Waals surface area contributed by atoms with E-state index >= 15 is 0 Å². The third-order valence-corrected chi connectivity index (χ3v) is 8.38. The molecule has 1 aromatic heterocycles. The Bertz CT molecular complexity index is 1360. The minimum Gasteiger partial charge on any atom is -0.383 e. The van der Waals surface area contributed by atoms with Crippen molar-refractivity contribution >= 4 is 37.5 Å². The number of rotatable bonds is 6. The summed E-state index contributed by atoms with van der Waals surface area (Å²) in [7, 11) is -2.17. The lowest BCUT2D eigenvalue weighted by molar-refractivity contribution is -0.0440. The summed E-state index contributed by atoms with van der Waals surface area (Å²) in [5, 5.41) is 0. The van der Waals surface area contributed by atoms with Crippen molar-refractivity contribution in [3.63, 3.8) is 0 Å². The Kier molecular flexibility index (Phi) is 7.29. The molecule has 1 aliphatic heterocycles. The molecule has 0 saturated carbocycles. The molecule has 3 aromatic rings. The van der Waals surface area contributed by atoms with Crippen LogP contribution in [-0.4, -0.2) is 62.2 Å². The van der Waals surface area contributed by atoms with Gasteiger partial charge in [0.1, 0.15) is 5.82 Å². The van der Waals surface area contributed by atoms with Crippen molar-refractivity contribution in [1.82, 2.24) is 8.87 Å². The van der Waals surface area contributed by atoms with Gasteiger partial charge in [0, 0.05) is 32.3 Å². The first kappa shape index (κ1) is 24.7. The summed E-state index contributed by atoms with van der Waals surface area (Å²) in [6.07, 6.45) is -0.400. The van der Waals surface area contributed by atoms with Gasteiger partial charge < -0.3 is 14.0 Å². The number of morpholine rings is 1. The van der Waals surface area contributed by atoms with E-state index in [0.717, 1.165) is 0 Å². The van der Waals surface area contributed by atoms with Gasteiger partial charge in [0.2, 0.25) is 10.0 Å². The van der Waals surface area contributed by atoms with Gasteiger partial charge in [-0.2, -0.15) is 9.30 Å². The molecule has 2 heterocycles. The molecule has 0 radical (unpaired) electrons. The number of carbonyl (C=O) groups excluding carboxylic acids is 1. The van der Waals surface area contributed by atoms with Crippen LogP contribution >= 0.6 is 11.3 Å². The number of aromatic nitrogens is 1. The van der Waals surface area contributed by atoms with Crippen LogP contribution in [0.2, 0.25) is 0 Å². The van der Waals surface area contributed by atoms with Crippen LogP contribution in [0.1, 0.15) is 24.2 Å². The van der Waals surface area contributed by atoms with Crippen LogP contribution in [0.3, 0.4) is 0 Å². The molecule has 182 valence electrons. The predicted molar refractivity (Wildman–Crippen MR) is 127 cm³/mol. The summed E-state index contributed by atoms with van der Waals surface area (Å²) in [6.45, 7) is 4.86. The minimum atomic E-state index is -3.71. The quantitative estimate of drug-likeness (QED) is 0.512. The van der Waals surface area contributed by atoms with E-state index in [0.29, 0.717) is 28.2 Å². The number of carbonyl (C=O) groups is 1. The maximum Gasteiger partial charge on any atom is 0.279 e. The van der Waals surface area contributed by atoms with Crippen molar-refractivity contribution in [1.29, 1.82) is 0 Å². The zero-order valence-corrected chi connectivity index (χ0v) is 20.7. The topological polar surface area (TPSA) is 90.2 Å². The molecular weight excluding hydrogens is 481 g/mol. The monoisotopic (exact) mass is 507 g/mol. The van der Waals surface area contributed by atoms with Crippen molar-refractivity contribution in [2.75, 3.05) is 26.8 Å². The van der Waals surface area contributed by atoms with E-state index < -0.39 is 21.7 Å². The van der Waals surface area contributed by atoms with Crippen LogP contribution in [0.15, 0.2) is 52.4 Å². The summed E-state index contributed by atoms with van der Waals surface area (Å²) in [4.78, 5) is 17.5. The van der Waals surface area contributed by atoms with Gasteiger partial charge in [-0.3, -0.25) is 4.79 Å². The molecule has 1 amide bonds. The van der Waals surface area contributed by atoms with Gasteiger partial charge in [-0.1, -0.05) is 17.4 Å². The Morgan fingerprint density at radius 3 is 2.50 bits per heavy atom. The second kappa shape index (κ2) is 10.0. The average molecular weight is 508 g/mol. The van der Waals surface area contributed by atoms with Gasteiger partial charge in [-0.25, -0.2) is 12.8 Å². The fraction of sp³-hybridized carbons (Fsp3) is 0.391. The summed E-state index contributed by atoms with van der Waals surface area (Å²) in [6, 6.07) is 10.4. The lowest BCUT2D eigenvalue weighted by Crippen LogP contribution is -2.48. The molecular formula is C23H26FN3O5S2. The number of halogens is 1. The average Bonchev–Trinajstić information content (AvgIpc) is 3.15. The van der Waals surface area contributed by atoms with Crippen LogP contribution < -0.4 is 4.80 Å². The van der Waals surface area contributed by atoms with E-state index in [-0.39, 0.29) is 35.8 Å². The molecule has 1 fully saturated rings. The maximum atomic E-state index is 14.5. The summed E-state index contributed by atoms with van der Waals surface area (Å²) in [5.41, 5.74) is 0.602. The van der Waals surface area contributed by atoms with Crippen LogP contribution in [0.5, 0.6) is 0 Å². The molecule has 2 aromatic carbocycles.